The molecule has 1 aromatic rings. The summed E-state index contributed by atoms with van der Waals surface area (Å²) in [4.78, 5) is 14.8. The molecule has 9 heteroatoms. The van der Waals surface area contributed by atoms with E-state index in [-0.39, 0.29) is 35.2 Å². The third kappa shape index (κ3) is 5.00. The maximum absolute atomic E-state index is 12.9. The maximum Gasteiger partial charge on any atom is 0.253 e. The lowest BCUT2D eigenvalue weighted by molar-refractivity contribution is 0.0660. The van der Waals surface area contributed by atoms with Crippen molar-refractivity contribution in [1.29, 1.82) is 0 Å². The molecule has 3 rings (SSSR count). The number of piperidine rings is 1. The minimum absolute atomic E-state index is 0. The first-order valence-electron chi connectivity index (χ1n) is 9.12. The summed E-state index contributed by atoms with van der Waals surface area (Å²) in [7, 11) is -3.61. The highest BCUT2D eigenvalue weighted by Crippen LogP contribution is 2.23. The predicted molar refractivity (Wildman–Crippen MR) is 106 cm³/mol. The second-order valence-electron chi connectivity index (χ2n) is 7.06. The number of carbonyl (C=O) groups excluding carboxylic acids is 1. The van der Waals surface area contributed by atoms with Crippen molar-refractivity contribution in [2.24, 2.45) is 11.7 Å². The Bertz CT molecular complexity index is 751. The van der Waals surface area contributed by atoms with E-state index in [1.54, 1.807) is 23.1 Å². The van der Waals surface area contributed by atoms with E-state index in [9.17, 15) is 13.2 Å². The molecule has 2 atom stereocenters. The molecule has 0 aliphatic carbocycles. The van der Waals surface area contributed by atoms with Crippen molar-refractivity contribution in [3.05, 3.63) is 29.8 Å². The summed E-state index contributed by atoms with van der Waals surface area (Å²) in [6, 6.07) is 6.38. The topological polar surface area (TPSA) is 92.9 Å². The minimum Gasteiger partial charge on any atom is -0.379 e. The largest absolute Gasteiger partial charge is 0.379 e. The first-order valence-corrected chi connectivity index (χ1v) is 10.6. The van der Waals surface area contributed by atoms with Crippen LogP contribution in [0.3, 0.4) is 0 Å². The van der Waals surface area contributed by atoms with E-state index in [0.717, 1.165) is 12.8 Å². The zero-order chi connectivity index (χ0) is 18.7. The Labute approximate surface area is 167 Å². The number of benzene rings is 1. The van der Waals surface area contributed by atoms with E-state index in [2.05, 4.69) is 0 Å². The maximum atomic E-state index is 12.9. The van der Waals surface area contributed by atoms with Gasteiger partial charge in [-0.05, 0) is 43.9 Å². The number of ether oxygens (including phenoxy) is 1. The van der Waals surface area contributed by atoms with Crippen LogP contribution in [0.25, 0.3) is 0 Å². The van der Waals surface area contributed by atoms with Crippen LogP contribution in [0.5, 0.6) is 0 Å². The average molecular weight is 418 g/mol. The van der Waals surface area contributed by atoms with Crippen LogP contribution in [0, 0.1) is 5.92 Å². The van der Waals surface area contributed by atoms with Crippen molar-refractivity contribution in [2.45, 2.75) is 30.7 Å². The molecule has 2 unspecified atom stereocenters. The third-order valence-electron chi connectivity index (χ3n) is 5.18. The van der Waals surface area contributed by atoms with Crippen LogP contribution in [0.15, 0.2) is 29.2 Å². The number of amides is 1. The third-order valence-corrected chi connectivity index (χ3v) is 7.07. The number of halogens is 1. The van der Waals surface area contributed by atoms with Gasteiger partial charge in [-0.15, -0.1) is 12.4 Å². The number of carbonyl (C=O) groups is 1. The molecule has 2 aliphatic heterocycles. The number of rotatable bonds is 4. The van der Waals surface area contributed by atoms with E-state index < -0.39 is 10.0 Å². The van der Waals surface area contributed by atoms with Gasteiger partial charge in [0.25, 0.3) is 5.91 Å². The second-order valence-corrected chi connectivity index (χ2v) is 8.99. The van der Waals surface area contributed by atoms with Crippen LogP contribution < -0.4 is 5.73 Å². The highest BCUT2D eigenvalue weighted by Gasteiger charge is 2.29. The Morgan fingerprint density at radius 2 is 1.96 bits per heavy atom. The molecule has 2 fully saturated rings. The molecule has 1 amide bonds. The van der Waals surface area contributed by atoms with Gasteiger partial charge in [-0.3, -0.25) is 4.79 Å². The molecule has 0 spiro atoms. The van der Waals surface area contributed by atoms with Crippen LogP contribution in [-0.4, -0.2) is 69.0 Å². The lowest BCUT2D eigenvalue weighted by Gasteiger charge is -2.34. The van der Waals surface area contributed by atoms with Crippen LogP contribution in [-0.2, 0) is 14.8 Å². The van der Waals surface area contributed by atoms with Crippen LogP contribution in [0.1, 0.15) is 30.1 Å². The molecule has 2 heterocycles. The Morgan fingerprint density at radius 3 is 2.63 bits per heavy atom. The van der Waals surface area contributed by atoms with Gasteiger partial charge in [0.15, 0.2) is 0 Å². The Hall–Kier alpha value is -1.19. The zero-order valence-corrected chi connectivity index (χ0v) is 17.2. The van der Waals surface area contributed by atoms with Crippen LogP contribution in [0.2, 0.25) is 0 Å². The number of nitrogens with zero attached hydrogens (tertiary/aromatic N) is 2. The van der Waals surface area contributed by atoms with E-state index in [4.69, 9.17) is 10.5 Å². The van der Waals surface area contributed by atoms with Crippen molar-refractivity contribution in [3.8, 4) is 0 Å². The van der Waals surface area contributed by atoms with Crippen molar-refractivity contribution in [3.63, 3.8) is 0 Å². The SMILES string of the molecule is CC(N)C1CCCN(C(=O)c2cccc(S(=O)(=O)N3CCOCC3)c2)C1.Cl. The molecule has 0 aromatic heterocycles. The molecule has 152 valence electrons. The highest BCUT2D eigenvalue weighted by atomic mass is 35.5. The Kier molecular flexibility index (Phi) is 7.64. The van der Waals surface area contributed by atoms with E-state index in [0.29, 0.717) is 45.0 Å². The number of nitrogens with two attached hydrogens (primary N) is 1. The molecular formula is C18H28ClN3O4S. The highest BCUT2D eigenvalue weighted by molar-refractivity contribution is 7.89. The number of likely N-dealkylation sites (tertiary alicyclic amines) is 1. The van der Waals surface area contributed by atoms with E-state index in [1.807, 2.05) is 6.92 Å². The molecule has 2 aliphatic rings. The summed E-state index contributed by atoms with van der Waals surface area (Å²) in [5.74, 6) is 0.155. The molecule has 0 radical (unpaired) electrons. The van der Waals surface area contributed by atoms with Gasteiger partial charge in [0.1, 0.15) is 0 Å². The molecule has 27 heavy (non-hydrogen) atoms. The van der Waals surface area contributed by atoms with Gasteiger partial charge in [-0.25, -0.2) is 8.42 Å². The fourth-order valence-corrected chi connectivity index (χ4v) is 4.99. The number of morpholine rings is 1. The van der Waals surface area contributed by atoms with E-state index in [1.165, 1.54) is 10.4 Å². The van der Waals surface area contributed by atoms with Gasteiger partial charge in [-0.2, -0.15) is 4.31 Å². The van der Waals surface area contributed by atoms with Gasteiger partial charge < -0.3 is 15.4 Å². The number of hydrogen-bond donors (Lipinski definition) is 1. The summed E-state index contributed by atoms with van der Waals surface area (Å²) in [6.07, 6.45) is 1.94. The number of hydrogen-bond acceptors (Lipinski definition) is 5. The molecular weight excluding hydrogens is 390 g/mol. The average Bonchev–Trinajstić information content (AvgIpc) is 2.68. The fourth-order valence-electron chi connectivity index (χ4n) is 3.53. The van der Waals surface area contributed by atoms with Crippen molar-refractivity contribution in [1.82, 2.24) is 9.21 Å². The fraction of sp³-hybridized carbons (Fsp3) is 0.611. The summed E-state index contributed by atoms with van der Waals surface area (Å²) >= 11 is 0. The Morgan fingerprint density at radius 1 is 1.26 bits per heavy atom. The first kappa shape index (κ1) is 22.1. The van der Waals surface area contributed by atoms with Crippen molar-refractivity contribution >= 4 is 28.3 Å². The second kappa shape index (κ2) is 9.34. The summed E-state index contributed by atoms with van der Waals surface area (Å²) in [5.41, 5.74) is 6.41. The number of sulfonamides is 1. The van der Waals surface area contributed by atoms with Gasteiger partial charge >= 0.3 is 0 Å². The Balaban J connectivity index is 0.00000261. The van der Waals surface area contributed by atoms with Gasteiger partial charge in [0.05, 0.1) is 18.1 Å². The molecule has 7 nitrogen and oxygen atoms in total. The van der Waals surface area contributed by atoms with Gasteiger partial charge in [0.2, 0.25) is 10.0 Å². The van der Waals surface area contributed by atoms with Crippen LogP contribution >= 0.6 is 12.4 Å². The van der Waals surface area contributed by atoms with Crippen LogP contribution in [0.4, 0.5) is 0 Å². The smallest absolute Gasteiger partial charge is 0.253 e. The molecule has 2 saturated heterocycles. The summed E-state index contributed by atoms with van der Waals surface area (Å²) in [5, 5.41) is 0. The monoisotopic (exact) mass is 417 g/mol. The van der Waals surface area contributed by atoms with Crippen molar-refractivity contribution < 1.29 is 17.9 Å². The molecule has 0 saturated carbocycles. The van der Waals surface area contributed by atoms with Crippen molar-refractivity contribution in [2.75, 3.05) is 39.4 Å². The summed E-state index contributed by atoms with van der Waals surface area (Å²) in [6.45, 7) is 4.73. The summed E-state index contributed by atoms with van der Waals surface area (Å²) < 4.78 is 32.3. The first-order chi connectivity index (χ1) is 12.4. The predicted octanol–water partition coefficient (Wildman–Crippen LogP) is 1.33. The normalized spacial score (nSPS) is 22.7. The molecule has 0 bridgehead atoms. The zero-order valence-electron chi connectivity index (χ0n) is 15.5. The quantitative estimate of drug-likeness (QED) is 0.797. The lowest BCUT2D eigenvalue weighted by atomic mass is 9.92. The van der Waals surface area contributed by atoms with Gasteiger partial charge in [0, 0.05) is 37.8 Å². The lowest BCUT2D eigenvalue weighted by Crippen LogP contribution is -2.45. The van der Waals surface area contributed by atoms with E-state index >= 15 is 0 Å². The minimum atomic E-state index is -3.61. The van der Waals surface area contributed by atoms with Gasteiger partial charge in [-0.1, -0.05) is 6.07 Å². The molecule has 2 N–H and O–H groups in total. The molecule has 1 aromatic carbocycles. The standard InChI is InChI=1S/C18H27N3O4S.ClH/c1-14(19)16-5-3-7-20(13-16)18(22)15-4-2-6-17(12-15)26(23,24)21-8-10-25-11-9-21;/h2,4,6,12,14,16H,3,5,7-11,13,19H2,1H3;1H.